The molecule has 1 aromatic rings. The van der Waals surface area contributed by atoms with Crippen molar-refractivity contribution in [3.63, 3.8) is 0 Å². The number of benzene rings is 1. The Morgan fingerprint density at radius 2 is 1.88 bits per heavy atom. The number of hydrogen-bond donors (Lipinski definition) is 2. The number of amides is 1. The number of aliphatic hydroxyl groups excluding tert-OH is 1. The van der Waals surface area contributed by atoms with Crippen molar-refractivity contribution in [1.29, 1.82) is 0 Å². The summed E-state index contributed by atoms with van der Waals surface area (Å²) in [5, 5.41) is 16.6. The van der Waals surface area contributed by atoms with E-state index in [1.54, 1.807) is 12.1 Å². The average molecular weight is 352 g/mol. The summed E-state index contributed by atoms with van der Waals surface area (Å²) in [7, 11) is 3.68. The minimum Gasteiger partial charge on any atom is -0.483 e. The van der Waals surface area contributed by atoms with E-state index in [0.29, 0.717) is 30.5 Å². The number of carbonyl (C=O) groups excluding carboxylic acids is 1. The van der Waals surface area contributed by atoms with Crippen LogP contribution in [0.25, 0.3) is 0 Å². The molecule has 3 rings (SSSR count). The first-order valence-corrected chi connectivity index (χ1v) is 8.34. The molecule has 1 aliphatic carbocycles. The Hall–Kier alpha value is -1.99. The van der Waals surface area contributed by atoms with Crippen molar-refractivity contribution in [3.8, 4) is 0 Å². The Morgan fingerprint density at radius 1 is 1.32 bits per heavy atom. The van der Waals surface area contributed by atoms with Crippen molar-refractivity contribution >= 4 is 12.4 Å². The van der Waals surface area contributed by atoms with Crippen molar-refractivity contribution in [2.75, 3.05) is 27.2 Å². The maximum absolute atomic E-state index is 13.5. The second-order valence-electron chi connectivity index (χ2n) is 6.92. The number of rotatable bonds is 3. The highest BCUT2D eigenvalue weighted by Gasteiger charge is 2.43. The third-order valence-electron chi connectivity index (χ3n) is 4.95. The first-order valence-electron chi connectivity index (χ1n) is 8.34. The van der Waals surface area contributed by atoms with Crippen molar-refractivity contribution in [2.24, 2.45) is 11.8 Å². The van der Waals surface area contributed by atoms with Gasteiger partial charge in [0.2, 0.25) is 5.91 Å². The smallest absolute Gasteiger partial charge is 0.290 e. The standard InChI is InChI=1S/C17H23FN2O2.CH2O2/c1-19(2)16(11-4-3-5-14(18)6-11)17(22)20-9-12-7-15(21)8-13(12)10-20;2-1-3/h3-6,12-13,15-16,21H,7-10H2,1-2H3;1H,(H,2,3)/t12-,13+,15?,16?;. The molecule has 1 aromatic carbocycles. The van der Waals surface area contributed by atoms with Crippen LogP contribution in [0.3, 0.4) is 0 Å². The molecule has 2 unspecified atom stereocenters. The van der Waals surface area contributed by atoms with Gasteiger partial charge in [0.15, 0.2) is 0 Å². The van der Waals surface area contributed by atoms with Crippen LogP contribution in [-0.4, -0.2) is 65.7 Å². The number of nitrogens with zero attached hydrogens (tertiary/aromatic N) is 2. The highest BCUT2D eigenvalue weighted by molar-refractivity contribution is 5.83. The van der Waals surface area contributed by atoms with Gasteiger partial charge >= 0.3 is 0 Å². The summed E-state index contributed by atoms with van der Waals surface area (Å²) in [6.45, 7) is 1.17. The fourth-order valence-corrected chi connectivity index (χ4v) is 3.96. The van der Waals surface area contributed by atoms with E-state index in [0.717, 1.165) is 12.8 Å². The van der Waals surface area contributed by atoms with E-state index in [1.807, 2.05) is 23.9 Å². The highest BCUT2D eigenvalue weighted by atomic mass is 19.1. The lowest BCUT2D eigenvalue weighted by Gasteiger charge is -2.29. The molecule has 0 radical (unpaired) electrons. The van der Waals surface area contributed by atoms with Crippen LogP contribution in [-0.2, 0) is 9.59 Å². The summed E-state index contributed by atoms with van der Waals surface area (Å²) in [5.74, 6) is 0.529. The maximum Gasteiger partial charge on any atom is 0.290 e. The van der Waals surface area contributed by atoms with E-state index in [2.05, 4.69) is 0 Å². The molecule has 0 bridgehead atoms. The number of aliphatic hydroxyl groups is 1. The Labute approximate surface area is 146 Å². The van der Waals surface area contributed by atoms with Crippen LogP contribution in [0.2, 0.25) is 0 Å². The minimum atomic E-state index is -0.459. The Morgan fingerprint density at radius 3 is 2.36 bits per heavy atom. The zero-order chi connectivity index (χ0) is 18.6. The second kappa shape index (κ2) is 8.40. The number of likely N-dealkylation sites (N-methyl/N-ethyl adjacent to an activating group) is 1. The summed E-state index contributed by atoms with van der Waals surface area (Å²) in [6, 6.07) is 5.81. The van der Waals surface area contributed by atoms with Crippen LogP contribution in [0.5, 0.6) is 0 Å². The normalized spacial score (nSPS) is 26.0. The lowest BCUT2D eigenvalue weighted by atomic mass is 10.0. The van der Waals surface area contributed by atoms with Gasteiger partial charge in [-0.3, -0.25) is 14.5 Å². The van der Waals surface area contributed by atoms with Gasteiger partial charge < -0.3 is 15.1 Å². The number of fused-ring (bicyclic) bond motifs is 1. The average Bonchev–Trinajstić information content (AvgIpc) is 3.05. The van der Waals surface area contributed by atoms with Gasteiger partial charge in [-0.1, -0.05) is 12.1 Å². The molecule has 1 saturated carbocycles. The van der Waals surface area contributed by atoms with E-state index >= 15 is 0 Å². The molecule has 7 heteroatoms. The summed E-state index contributed by atoms with van der Waals surface area (Å²) in [5.41, 5.74) is 0.687. The van der Waals surface area contributed by atoms with Gasteiger partial charge in [-0.25, -0.2) is 4.39 Å². The molecule has 0 aromatic heterocycles. The van der Waals surface area contributed by atoms with Gasteiger partial charge in [-0.15, -0.1) is 0 Å². The fourth-order valence-electron chi connectivity index (χ4n) is 3.96. The van der Waals surface area contributed by atoms with Crippen LogP contribution in [0.15, 0.2) is 24.3 Å². The first kappa shape index (κ1) is 19.3. The van der Waals surface area contributed by atoms with Crippen molar-refractivity contribution < 1.29 is 24.2 Å². The summed E-state index contributed by atoms with van der Waals surface area (Å²) >= 11 is 0. The monoisotopic (exact) mass is 352 g/mol. The Bertz CT molecular complexity index is 596. The predicted octanol–water partition coefficient (Wildman–Crippen LogP) is 1.36. The van der Waals surface area contributed by atoms with Gasteiger partial charge in [0.1, 0.15) is 11.9 Å². The SMILES string of the molecule is CN(C)C(C(=O)N1C[C@H]2CC(O)C[C@H]2C1)c1cccc(F)c1.O=CO. The van der Waals surface area contributed by atoms with Crippen LogP contribution in [0.4, 0.5) is 4.39 Å². The van der Waals surface area contributed by atoms with Crippen LogP contribution in [0, 0.1) is 17.7 Å². The number of hydrogen-bond acceptors (Lipinski definition) is 4. The molecule has 2 N–H and O–H groups in total. The number of halogens is 1. The molecular weight excluding hydrogens is 327 g/mol. The van der Waals surface area contributed by atoms with Crippen molar-refractivity contribution in [1.82, 2.24) is 9.80 Å². The van der Waals surface area contributed by atoms with Crippen LogP contribution >= 0.6 is 0 Å². The summed E-state index contributed by atoms with van der Waals surface area (Å²) in [4.78, 5) is 25.0. The first-order chi connectivity index (χ1) is 11.9. The molecule has 1 aliphatic heterocycles. The topological polar surface area (TPSA) is 81.1 Å². The lowest BCUT2D eigenvalue weighted by Crippen LogP contribution is -2.40. The predicted molar refractivity (Wildman–Crippen MR) is 90.3 cm³/mol. The van der Waals surface area contributed by atoms with Crippen molar-refractivity contribution in [3.05, 3.63) is 35.6 Å². The molecule has 0 spiro atoms. The summed E-state index contributed by atoms with van der Waals surface area (Å²) in [6.07, 6.45) is 1.38. The maximum atomic E-state index is 13.5. The molecule has 2 aliphatic rings. The van der Waals surface area contributed by atoms with Crippen LogP contribution < -0.4 is 0 Å². The number of likely N-dealkylation sites (tertiary alicyclic amines) is 1. The third-order valence-corrected chi connectivity index (χ3v) is 4.95. The highest BCUT2D eigenvalue weighted by Crippen LogP contribution is 2.39. The van der Waals surface area contributed by atoms with Crippen LogP contribution in [0.1, 0.15) is 24.4 Å². The van der Waals surface area contributed by atoms with E-state index in [9.17, 15) is 14.3 Å². The molecule has 2 fully saturated rings. The third kappa shape index (κ3) is 4.55. The molecule has 1 heterocycles. The molecule has 1 amide bonds. The van der Waals surface area contributed by atoms with Gasteiger partial charge in [0, 0.05) is 13.1 Å². The molecular formula is C18H25FN2O4. The zero-order valence-corrected chi connectivity index (χ0v) is 14.5. The van der Waals surface area contributed by atoms with E-state index in [-0.39, 0.29) is 24.3 Å². The van der Waals surface area contributed by atoms with E-state index < -0.39 is 6.04 Å². The lowest BCUT2D eigenvalue weighted by molar-refractivity contribution is -0.135. The minimum absolute atomic E-state index is 0.0273. The van der Waals surface area contributed by atoms with E-state index in [4.69, 9.17) is 9.90 Å². The second-order valence-corrected chi connectivity index (χ2v) is 6.92. The van der Waals surface area contributed by atoms with Gasteiger partial charge in [0.25, 0.3) is 6.47 Å². The van der Waals surface area contributed by atoms with Gasteiger partial charge in [0.05, 0.1) is 6.10 Å². The zero-order valence-electron chi connectivity index (χ0n) is 14.5. The van der Waals surface area contributed by atoms with E-state index in [1.165, 1.54) is 12.1 Å². The van der Waals surface area contributed by atoms with Crippen molar-refractivity contribution in [2.45, 2.75) is 25.0 Å². The molecule has 1 saturated heterocycles. The molecule has 138 valence electrons. The summed E-state index contributed by atoms with van der Waals surface area (Å²) < 4.78 is 13.5. The Kier molecular flexibility index (Phi) is 6.50. The van der Waals surface area contributed by atoms with Gasteiger partial charge in [-0.2, -0.15) is 0 Å². The number of carboxylic acid groups (broad SMARTS) is 1. The largest absolute Gasteiger partial charge is 0.483 e. The molecule has 25 heavy (non-hydrogen) atoms. The number of carbonyl (C=O) groups is 2. The van der Waals surface area contributed by atoms with Gasteiger partial charge in [-0.05, 0) is 56.5 Å². The Balaban J connectivity index is 0.000000701. The molecule has 4 atom stereocenters. The molecule has 6 nitrogen and oxygen atoms in total. The fraction of sp³-hybridized carbons (Fsp3) is 0.556. The quantitative estimate of drug-likeness (QED) is 0.803.